The van der Waals surface area contributed by atoms with Gasteiger partial charge >= 0.3 is 11.9 Å². The second-order valence-corrected chi connectivity index (χ2v) is 4.76. The average Bonchev–Trinajstić information content (AvgIpc) is 2.39. The Morgan fingerprint density at radius 1 is 1.59 bits per heavy atom. The van der Waals surface area contributed by atoms with E-state index in [2.05, 4.69) is 10.1 Å². The smallest absolute Gasteiger partial charge is 0.377 e. The van der Waals surface area contributed by atoms with E-state index in [1.807, 2.05) is 20.8 Å². The minimum Gasteiger partial charge on any atom is -0.456 e. The van der Waals surface area contributed by atoms with Crippen molar-refractivity contribution in [2.24, 2.45) is 0 Å². The van der Waals surface area contributed by atoms with Crippen molar-refractivity contribution in [3.63, 3.8) is 0 Å². The van der Waals surface area contributed by atoms with Crippen molar-refractivity contribution in [2.45, 2.75) is 44.8 Å². The van der Waals surface area contributed by atoms with Crippen LogP contribution in [-0.2, 0) is 14.3 Å². The van der Waals surface area contributed by atoms with E-state index in [-0.39, 0.29) is 12.1 Å². The van der Waals surface area contributed by atoms with E-state index in [1.165, 1.54) is 0 Å². The van der Waals surface area contributed by atoms with E-state index in [4.69, 9.17) is 4.74 Å². The first-order chi connectivity index (χ1) is 7.77. The van der Waals surface area contributed by atoms with Crippen LogP contribution >= 0.6 is 0 Å². The zero-order valence-electron chi connectivity index (χ0n) is 10.4. The summed E-state index contributed by atoms with van der Waals surface area (Å²) in [4.78, 5) is 10.7. The standard InChI is InChI=1S/C11H19F2NO3/c1-4-16-10(2,3)7-14-6-8-5-11(12,13)9(15)17-8/h8,14H,4-7H2,1-3H3. The van der Waals surface area contributed by atoms with Crippen molar-refractivity contribution in [1.82, 2.24) is 5.32 Å². The van der Waals surface area contributed by atoms with Gasteiger partial charge in [-0.3, -0.25) is 0 Å². The molecule has 0 bridgehead atoms. The van der Waals surface area contributed by atoms with Crippen LogP contribution in [0.2, 0.25) is 0 Å². The first-order valence-corrected chi connectivity index (χ1v) is 5.70. The molecule has 1 rings (SSSR count). The molecule has 0 aromatic carbocycles. The molecule has 4 nitrogen and oxygen atoms in total. The first kappa shape index (κ1) is 14.3. The third kappa shape index (κ3) is 4.20. The van der Waals surface area contributed by atoms with Gasteiger partial charge in [-0.2, -0.15) is 8.78 Å². The van der Waals surface area contributed by atoms with Crippen molar-refractivity contribution in [1.29, 1.82) is 0 Å². The summed E-state index contributed by atoms with van der Waals surface area (Å²) in [6, 6.07) is 0. The molecule has 1 unspecified atom stereocenters. The molecule has 1 saturated heterocycles. The predicted octanol–water partition coefficient (Wildman–Crippen LogP) is 1.34. The number of halogens is 2. The van der Waals surface area contributed by atoms with Crippen molar-refractivity contribution < 1.29 is 23.0 Å². The largest absolute Gasteiger partial charge is 0.456 e. The Bertz CT molecular complexity index is 282. The summed E-state index contributed by atoms with van der Waals surface area (Å²) in [7, 11) is 0. The molecule has 0 amide bonds. The number of alkyl halides is 2. The molecule has 1 aliphatic rings. The molecule has 1 fully saturated rings. The lowest BCUT2D eigenvalue weighted by molar-refractivity contribution is -0.159. The number of hydrogen-bond acceptors (Lipinski definition) is 4. The van der Waals surface area contributed by atoms with Crippen molar-refractivity contribution in [2.75, 3.05) is 19.7 Å². The van der Waals surface area contributed by atoms with Crippen molar-refractivity contribution >= 4 is 5.97 Å². The molecular weight excluding hydrogens is 232 g/mol. The van der Waals surface area contributed by atoms with Crippen molar-refractivity contribution in [3.05, 3.63) is 0 Å². The molecule has 0 aromatic rings. The Morgan fingerprint density at radius 3 is 2.71 bits per heavy atom. The zero-order chi connectivity index (χ0) is 13.1. The van der Waals surface area contributed by atoms with Crippen LogP contribution in [0.1, 0.15) is 27.2 Å². The van der Waals surface area contributed by atoms with Gasteiger partial charge in [-0.15, -0.1) is 0 Å². The molecule has 17 heavy (non-hydrogen) atoms. The molecule has 0 saturated carbocycles. The molecule has 1 N–H and O–H groups in total. The van der Waals surface area contributed by atoms with Gasteiger partial charge in [-0.1, -0.05) is 0 Å². The molecule has 0 radical (unpaired) electrons. The molecule has 1 heterocycles. The molecule has 0 aliphatic carbocycles. The van der Waals surface area contributed by atoms with Crippen LogP contribution in [0.25, 0.3) is 0 Å². The highest BCUT2D eigenvalue weighted by Gasteiger charge is 2.50. The second kappa shape index (κ2) is 5.27. The van der Waals surface area contributed by atoms with Gasteiger partial charge < -0.3 is 14.8 Å². The monoisotopic (exact) mass is 251 g/mol. The number of carbonyl (C=O) groups is 1. The van der Waals surface area contributed by atoms with Gasteiger partial charge in [0.25, 0.3) is 0 Å². The molecule has 1 aliphatic heterocycles. The van der Waals surface area contributed by atoms with E-state index in [1.54, 1.807) is 0 Å². The van der Waals surface area contributed by atoms with Gasteiger partial charge in [0, 0.05) is 19.7 Å². The van der Waals surface area contributed by atoms with E-state index >= 15 is 0 Å². The fourth-order valence-corrected chi connectivity index (χ4v) is 1.74. The SMILES string of the molecule is CCOC(C)(C)CNCC1CC(F)(F)C(=O)O1. The summed E-state index contributed by atoms with van der Waals surface area (Å²) in [5, 5.41) is 2.98. The second-order valence-electron chi connectivity index (χ2n) is 4.76. The van der Waals surface area contributed by atoms with E-state index in [0.29, 0.717) is 13.2 Å². The fraction of sp³-hybridized carbons (Fsp3) is 0.909. The highest BCUT2D eigenvalue weighted by atomic mass is 19.3. The number of esters is 1. The number of cyclic esters (lactones) is 1. The number of hydrogen-bond donors (Lipinski definition) is 1. The van der Waals surface area contributed by atoms with Crippen LogP contribution in [0.5, 0.6) is 0 Å². The minimum atomic E-state index is -3.33. The van der Waals surface area contributed by atoms with Gasteiger partial charge in [-0.05, 0) is 20.8 Å². The highest BCUT2D eigenvalue weighted by molar-refractivity contribution is 5.79. The quantitative estimate of drug-likeness (QED) is 0.724. The van der Waals surface area contributed by atoms with Gasteiger partial charge in [-0.25, -0.2) is 4.79 Å². The summed E-state index contributed by atoms with van der Waals surface area (Å²) in [6.07, 6.45) is -1.30. The van der Waals surface area contributed by atoms with Crippen molar-refractivity contribution in [3.8, 4) is 0 Å². The van der Waals surface area contributed by atoms with Gasteiger partial charge in [0.1, 0.15) is 6.10 Å². The van der Waals surface area contributed by atoms with Crippen LogP contribution in [-0.4, -0.2) is 43.3 Å². The fourth-order valence-electron chi connectivity index (χ4n) is 1.74. The third-order valence-corrected chi connectivity index (χ3v) is 2.51. The molecule has 0 spiro atoms. The van der Waals surface area contributed by atoms with Gasteiger partial charge in [0.05, 0.1) is 12.0 Å². The maximum Gasteiger partial charge on any atom is 0.377 e. The maximum atomic E-state index is 12.8. The summed E-state index contributed by atoms with van der Waals surface area (Å²) >= 11 is 0. The molecule has 6 heteroatoms. The number of nitrogens with one attached hydrogen (secondary N) is 1. The lowest BCUT2D eigenvalue weighted by Crippen LogP contribution is -2.40. The predicted molar refractivity (Wildman–Crippen MR) is 58.0 cm³/mol. The lowest BCUT2D eigenvalue weighted by Gasteiger charge is -2.25. The Hall–Kier alpha value is -0.750. The minimum absolute atomic E-state index is 0.220. The number of carbonyl (C=O) groups excluding carboxylic acids is 1. The molecule has 100 valence electrons. The zero-order valence-corrected chi connectivity index (χ0v) is 10.4. The van der Waals surface area contributed by atoms with Crippen LogP contribution < -0.4 is 5.32 Å². The van der Waals surface area contributed by atoms with Gasteiger partial charge in [0.2, 0.25) is 0 Å². The summed E-state index contributed by atoms with van der Waals surface area (Å²) in [5.74, 6) is -4.75. The number of rotatable bonds is 6. The van der Waals surface area contributed by atoms with E-state index < -0.39 is 24.4 Å². The normalized spacial score (nSPS) is 23.8. The Morgan fingerprint density at radius 2 is 2.24 bits per heavy atom. The van der Waals surface area contributed by atoms with Gasteiger partial charge in [0.15, 0.2) is 0 Å². The molecule has 1 atom stereocenters. The molecule has 0 aromatic heterocycles. The highest BCUT2D eigenvalue weighted by Crippen LogP contribution is 2.30. The Labute approximate surface area is 99.7 Å². The topological polar surface area (TPSA) is 47.6 Å². The van der Waals surface area contributed by atoms with Crippen LogP contribution in [0.15, 0.2) is 0 Å². The first-order valence-electron chi connectivity index (χ1n) is 5.70. The summed E-state index contributed by atoms with van der Waals surface area (Å²) in [5.41, 5.74) is -0.361. The lowest BCUT2D eigenvalue weighted by atomic mass is 10.1. The van der Waals surface area contributed by atoms with E-state index in [0.717, 1.165) is 0 Å². The molecular formula is C11H19F2NO3. The van der Waals surface area contributed by atoms with E-state index in [9.17, 15) is 13.6 Å². The summed E-state index contributed by atoms with van der Waals surface area (Å²) in [6.45, 7) is 7.02. The Balaban J connectivity index is 2.27. The number of ether oxygens (including phenoxy) is 2. The average molecular weight is 251 g/mol. The Kier molecular flexibility index (Phi) is 4.43. The van der Waals surface area contributed by atoms with Crippen LogP contribution in [0, 0.1) is 0 Å². The van der Waals surface area contributed by atoms with Crippen LogP contribution in [0.4, 0.5) is 8.78 Å². The maximum absolute atomic E-state index is 12.8. The van der Waals surface area contributed by atoms with Crippen LogP contribution in [0.3, 0.4) is 0 Å². The summed E-state index contributed by atoms with van der Waals surface area (Å²) < 4.78 is 35.7. The third-order valence-electron chi connectivity index (χ3n) is 2.51.